The molecule has 6 nitrogen and oxygen atoms in total. The average molecular weight is 1040 g/mol. The number of ether oxygens (including phenoxy) is 1. The SMILES string of the molecule is CCC/C=C\C/C=C\CCCCCCCC(=O)OCCCCCCCCCCCCCC/C=C\CCCCCCCCCCCCCCCCC(=O)NC(CO)C(O)CCCCCCCCCCCCCCCC. The monoisotopic (exact) mass is 1040 g/mol. The average Bonchev–Trinajstić information content (AvgIpc) is 3.40. The molecular formula is C68H129NO5. The highest BCUT2D eigenvalue weighted by Crippen LogP contribution is 2.18. The topological polar surface area (TPSA) is 95.9 Å². The highest BCUT2D eigenvalue weighted by Gasteiger charge is 2.20. The van der Waals surface area contributed by atoms with Crippen LogP contribution in [0.15, 0.2) is 36.5 Å². The van der Waals surface area contributed by atoms with E-state index < -0.39 is 12.1 Å². The maximum Gasteiger partial charge on any atom is 0.305 e. The number of hydrogen-bond acceptors (Lipinski definition) is 5. The highest BCUT2D eigenvalue weighted by atomic mass is 16.5. The van der Waals surface area contributed by atoms with Crippen molar-refractivity contribution in [2.24, 2.45) is 0 Å². The molecule has 0 aromatic carbocycles. The molecule has 74 heavy (non-hydrogen) atoms. The highest BCUT2D eigenvalue weighted by molar-refractivity contribution is 5.76. The van der Waals surface area contributed by atoms with Crippen molar-refractivity contribution in [1.29, 1.82) is 0 Å². The lowest BCUT2D eigenvalue weighted by molar-refractivity contribution is -0.143. The first-order valence-corrected chi connectivity index (χ1v) is 33.2. The molecule has 0 aliphatic heterocycles. The van der Waals surface area contributed by atoms with Crippen molar-refractivity contribution >= 4 is 11.9 Å². The van der Waals surface area contributed by atoms with Crippen LogP contribution in [0.2, 0.25) is 0 Å². The zero-order valence-corrected chi connectivity index (χ0v) is 49.8. The van der Waals surface area contributed by atoms with Crippen LogP contribution in [0.5, 0.6) is 0 Å². The van der Waals surface area contributed by atoms with E-state index in [9.17, 15) is 19.8 Å². The van der Waals surface area contributed by atoms with Crippen molar-refractivity contribution in [3.8, 4) is 0 Å². The minimum atomic E-state index is -0.663. The molecule has 0 aliphatic rings. The Morgan fingerprint density at radius 3 is 1.09 bits per heavy atom. The molecule has 0 saturated heterocycles. The van der Waals surface area contributed by atoms with E-state index in [1.807, 2.05) is 0 Å². The molecular weight excluding hydrogens is 911 g/mol. The number of hydrogen-bond donors (Lipinski definition) is 3. The third kappa shape index (κ3) is 59.3. The Bertz CT molecular complexity index is 1200. The summed E-state index contributed by atoms with van der Waals surface area (Å²) >= 11 is 0. The summed E-state index contributed by atoms with van der Waals surface area (Å²) in [6.45, 7) is 4.90. The van der Waals surface area contributed by atoms with E-state index in [0.29, 0.717) is 25.9 Å². The lowest BCUT2D eigenvalue weighted by Crippen LogP contribution is -2.45. The van der Waals surface area contributed by atoms with Crippen molar-refractivity contribution in [3.05, 3.63) is 36.5 Å². The molecule has 6 heteroatoms. The second-order valence-corrected chi connectivity index (χ2v) is 22.8. The molecule has 0 heterocycles. The minimum absolute atomic E-state index is 0.00179. The van der Waals surface area contributed by atoms with Crippen LogP contribution in [0.3, 0.4) is 0 Å². The summed E-state index contributed by atoms with van der Waals surface area (Å²) in [6, 6.07) is -0.540. The molecule has 1 amide bonds. The summed E-state index contributed by atoms with van der Waals surface area (Å²) in [5.41, 5.74) is 0. The van der Waals surface area contributed by atoms with Gasteiger partial charge in [-0.15, -0.1) is 0 Å². The Labute approximate surface area is 462 Å². The van der Waals surface area contributed by atoms with Gasteiger partial charge in [0.25, 0.3) is 0 Å². The maximum absolute atomic E-state index is 12.5. The molecule has 0 spiro atoms. The predicted molar refractivity (Wildman–Crippen MR) is 324 cm³/mol. The summed E-state index contributed by atoms with van der Waals surface area (Å²) in [6.07, 6.45) is 80.4. The molecule has 0 bridgehead atoms. The van der Waals surface area contributed by atoms with Gasteiger partial charge >= 0.3 is 5.97 Å². The van der Waals surface area contributed by atoms with Crippen molar-refractivity contribution < 1.29 is 24.5 Å². The fourth-order valence-corrected chi connectivity index (χ4v) is 10.3. The van der Waals surface area contributed by atoms with Gasteiger partial charge in [0.1, 0.15) is 0 Å². The molecule has 2 unspecified atom stereocenters. The van der Waals surface area contributed by atoms with Crippen LogP contribution in [0.25, 0.3) is 0 Å². The largest absolute Gasteiger partial charge is 0.466 e. The zero-order valence-electron chi connectivity index (χ0n) is 49.8. The van der Waals surface area contributed by atoms with Gasteiger partial charge in [0.2, 0.25) is 5.91 Å². The number of allylic oxidation sites excluding steroid dienone is 6. The Balaban J connectivity index is 3.36. The molecule has 0 rings (SSSR count). The van der Waals surface area contributed by atoms with Crippen LogP contribution in [-0.4, -0.2) is 47.4 Å². The molecule has 0 aromatic rings. The standard InChI is InChI=1S/C68H129NO5/c1-3-5-7-9-11-13-15-17-37-40-44-48-52-56-60-66(71)65(64-70)69-67(72)61-57-53-49-45-41-38-34-32-30-28-26-24-22-20-18-19-21-23-25-27-29-31-33-35-39-43-47-51-55-59-63-74-68(73)62-58-54-50-46-42-36-16-14-12-10-8-6-4-2/h8,10,14,16,19,21,65-66,70-71H,3-7,9,11-13,15,17-18,20,22-64H2,1-2H3,(H,69,72)/b10-8-,16-14-,21-19-. The summed E-state index contributed by atoms with van der Waals surface area (Å²) in [4.78, 5) is 24.5. The number of rotatable bonds is 62. The fraction of sp³-hybridized carbons (Fsp3) is 0.882. The zero-order chi connectivity index (χ0) is 53.6. The third-order valence-corrected chi connectivity index (χ3v) is 15.4. The van der Waals surface area contributed by atoms with Crippen LogP contribution < -0.4 is 5.32 Å². The van der Waals surface area contributed by atoms with Gasteiger partial charge in [-0.05, 0) is 77.0 Å². The van der Waals surface area contributed by atoms with Crippen LogP contribution >= 0.6 is 0 Å². The first-order valence-electron chi connectivity index (χ1n) is 33.2. The van der Waals surface area contributed by atoms with Gasteiger partial charge in [-0.2, -0.15) is 0 Å². The van der Waals surface area contributed by atoms with Crippen molar-refractivity contribution in [2.45, 2.75) is 373 Å². The van der Waals surface area contributed by atoms with Gasteiger partial charge in [0.05, 0.1) is 25.4 Å². The molecule has 0 fully saturated rings. The first-order chi connectivity index (χ1) is 36.5. The lowest BCUT2D eigenvalue weighted by atomic mass is 10.0. The van der Waals surface area contributed by atoms with E-state index in [1.165, 1.54) is 276 Å². The number of amides is 1. The molecule has 0 aliphatic carbocycles. The number of unbranched alkanes of at least 4 members (excludes halogenated alkanes) is 45. The van der Waals surface area contributed by atoms with Crippen LogP contribution in [-0.2, 0) is 14.3 Å². The number of esters is 1. The number of aliphatic hydroxyl groups excluding tert-OH is 2. The van der Waals surface area contributed by atoms with Crippen molar-refractivity contribution in [2.75, 3.05) is 13.2 Å². The van der Waals surface area contributed by atoms with E-state index in [4.69, 9.17) is 4.74 Å². The third-order valence-electron chi connectivity index (χ3n) is 15.4. The maximum atomic E-state index is 12.5. The van der Waals surface area contributed by atoms with Gasteiger partial charge in [-0.25, -0.2) is 0 Å². The summed E-state index contributed by atoms with van der Waals surface area (Å²) in [5, 5.41) is 23.3. The lowest BCUT2D eigenvalue weighted by Gasteiger charge is -2.22. The molecule has 3 N–H and O–H groups in total. The van der Waals surface area contributed by atoms with Crippen LogP contribution in [0, 0.1) is 0 Å². The van der Waals surface area contributed by atoms with Crippen molar-refractivity contribution in [1.82, 2.24) is 5.32 Å². The quantitative estimate of drug-likeness (QED) is 0.0320. The van der Waals surface area contributed by atoms with E-state index in [0.717, 1.165) is 51.4 Å². The van der Waals surface area contributed by atoms with Gasteiger partial charge in [0.15, 0.2) is 0 Å². The smallest absolute Gasteiger partial charge is 0.305 e. The first kappa shape index (κ1) is 72.1. The Morgan fingerprint density at radius 1 is 0.378 bits per heavy atom. The Hall–Kier alpha value is -1.92. The summed E-state index contributed by atoms with van der Waals surface area (Å²) < 4.78 is 5.47. The molecule has 436 valence electrons. The van der Waals surface area contributed by atoms with E-state index in [1.54, 1.807) is 0 Å². The molecule has 0 aromatic heterocycles. The second-order valence-electron chi connectivity index (χ2n) is 22.8. The number of nitrogens with one attached hydrogen (secondary N) is 1. The molecule has 0 saturated carbocycles. The van der Waals surface area contributed by atoms with Gasteiger partial charge < -0.3 is 20.3 Å². The van der Waals surface area contributed by atoms with E-state index in [2.05, 4.69) is 55.6 Å². The fourth-order valence-electron chi connectivity index (χ4n) is 10.3. The number of carbonyl (C=O) groups excluding carboxylic acids is 2. The van der Waals surface area contributed by atoms with Gasteiger partial charge in [0, 0.05) is 12.8 Å². The van der Waals surface area contributed by atoms with Crippen molar-refractivity contribution in [3.63, 3.8) is 0 Å². The van der Waals surface area contributed by atoms with Crippen LogP contribution in [0.1, 0.15) is 361 Å². The summed E-state index contributed by atoms with van der Waals surface area (Å²) in [5.74, 6) is -0.0300. The predicted octanol–water partition coefficient (Wildman–Crippen LogP) is 21.1. The second kappa shape index (κ2) is 63.6. The molecule has 2 atom stereocenters. The van der Waals surface area contributed by atoms with Gasteiger partial charge in [-0.3, -0.25) is 9.59 Å². The van der Waals surface area contributed by atoms with E-state index >= 15 is 0 Å². The van der Waals surface area contributed by atoms with Crippen LogP contribution in [0.4, 0.5) is 0 Å². The normalized spacial score (nSPS) is 12.8. The molecule has 0 radical (unpaired) electrons. The minimum Gasteiger partial charge on any atom is -0.466 e. The number of aliphatic hydroxyl groups is 2. The van der Waals surface area contributed by atoms with E-state index in [-0.39, 0.29) is 18.5 Å². The van der Waals surface area contributed by atoms with Gasteiger partial charge in [-0.1, -0.05) is 307 Å². The summed E-state index contributed by atoms with van der Waals surface area (Å²) in [7, 11) is 0. The Morgan fingerprint density at radius 2 is 0.703 bits per heavy atom. The number of carbonyl (C=O) groups is 2. The Kier molecular flexibility index (Phi) is 62.0.